The van der Waals surface area contributed by atoms with Gasteiger partial charge in [0.2, 0.25) is 0 Å². The van der Waals surface area contributed by atoms with Gasteiger partial charge in [0.15, 0.2) is 0 Å². The van der Waals surface area contributed by atoms with Gasteiger partial charge in [-0.3, -0.25) is 10.2 Å². The maximum Gasteiger partial charge on any atom is 0.265 e. The van der Waals surface area contributed by atoms with E-state index in [4.69, 9.17) is 10.6 Å². The second-order valence-electron chi connectivity index (χ2n) is 4.29. The predicted octanol–water partition coefficient (Wildman–Crippen LogP) is 2.39. The molecule has 0 heterocycles. The molecular weight excluding hydrogens is 228 g/mol. The Morgan fingerprint density at radius 3 is 2.89 bits per heavy atom. The molecule has 0 aliphatic rings. The summed E-state index contributed by atoms with van der Waals surface area (Å²) in [6, 6.07) is 7.31. The van der Waals surface area contributed by atoms with E-state index in [0.717, 1.165) is 18.6 Å². The van der Waals surface area contributed by atoms with E-state index in [2.05, 4.69) is 12.3 Å². The number of nitrogens with one attached hydrogen (secondary N) is 1. The first-order chi connectivity index (χ1) is 8.77. The van der Waals surface area contributed by atoms with Crippen molar-refractivity contribution in [2.24, 2.45) is 5.84 Å². The van der Waals surface area contributed by atoms with Gasteiger partial charge >= 0.3 is 0 Å². The first-order valence-corrected chi connectivity index (χ1v) is 6.45. The summed E-state index contributed by atoms with van der Waals surface area (Å²) in [4.78, 5) is 11.3. The molecule has 0 radical (unpaired) electrons. The minimum absolute atomic E-state index is 0.278. The predicted molar refractivity (Wildman–Crippen MR) is 71.9 cm³/mol. The highest BCUT2D eigenvalue weighted by atomic mass is 16.5. The average Bonchev–Trinajstić information content (AvgIpc) is 2.42. The van der Waals surface area contributed by atoms with Crippen LogP contribution in [0.3, 0.4) is 0 Å². The van der Waals surface area contributed by atoms with Gasteiger partial charge in [-0.05, 0) is 24.1 Å². The van der Waals surface area contributed by atoms with E-state index in [1.54, 1.807) is 12.1 Å². The van der Waals surface area contributed by atoms with E-state index < -0.39 is 0 Å². The van der Waals surface area contributed by atoms with E-state index in [-0.39, 0.29) is 5.91 Å². The Hall–Kier alpha value is -1.39. The van der Waals surface area contributed by atoms with Crippen LogP contribution < -0.4 is 11.3 Å². The van der Waals surface area contributed by atoms with Crippen molar-refractivity contribution < 1.29 is 9.53 Å². The molecule has 0 aromatic heterocycles. The van der Waals surface area contributed by atoms with E-state index in [9.17, 15) is 4.79 Å². The summed E-state index contributed by atoms with van der Waals surface area (Å²) in [5, 5.41) is 0. The van der Waals surface area contributed by atoms with Crippen LogP contribution in [0.25, 0.3) is 0 Å². The Balaban J connectivity index is 2.32. The molecule has 0 unspecified atom stereocenters. The molecule has 1 aromatic carbocycles. The standard InChI is InChI=1S/C14H22N2O2/c1-2-3-4-5-9-18-11-12-7-6-8-13(10-12)14(17)16-15/h6-8,10H,2-5,9,11,15H2,1H3,(H,16,17). The van der Waals surface area contributed by atoms with E-state index in [0.29, 0.717) is 12.2 Å². The molecule has 3 N–H and O–H groups in total. The second kappa shape index (κ2) is 8.66. The van der Waals surface area contributed by atoms with Gasteiger partial charge in [0.05, 0.1) is 6.61 Å². The molecule has 0 aliphatic carbocycles. The van der Waals surface area contributed by atoms with Crippen molar-refractivity contribution in [2.75, 3.05) is 6.61 Å². The molecular formula is C14H22N2O2. The number of amides is 1. The third-order valence-corrected chi connectivity index (χ3v) is 2.73. The van der Waals surface area contributed by atoms with Gasteiger partial charge in [-0.1, -0.05) is 38.3 Å². The fourth-order valence-corrected chi connectivity index (χ4v) is 1.71. The maximum absolute atomic E-state index is 11.3. The van der Waals surface area contributed by atoms with Crippen LogP contribution >= 0.6 is 0 Å². The smallest absolute Gasteiger partial charge is 0.265 e. The minimum Gasteiger partial charge on any atom is -0.377 e. The van der Waals surface area contributed by atoms with Gasteiger partial charge in [0.1, 0.15) is 0 Å². The number of ether oxygens (including phenoxy) is 1. The Bertz CT molecular complexity index is 367. The molecule has 4 heteroatoms. The van der Waals surface area contributed by atoms with Crippen LogP contribution in [0.2, 0.25) is 0 Å². The molecule has 1 rings (SSSR count). The lowest BCUT2D eigenvalue weighted by atomic mass is 10.1. The van der Waals surface area contributed by atoms with Crippen LogP contribution in [0.15, 0.2) is 24.3 Å². The van der Waals surface area contributed by atoms with Gasteiger partial charge in [-0.25, -0.2) is 5.84 Å². The Morgan fingerprint density at radius 2 is 2.17 bits per heavy atom. The van der Waals surface area contributed by atoms with Gasteiger partial charge in [-0.15, -0.1) is 0 Å². The molecule has 0 saturated heterocycles. The number of nitrogen functional groups attached to an aromatic ring is 1. The van der Waals surface area contributed by atoms with Gasteiger partial charge < -0.3 is 4.74 Å². The summed E-state index contributed by atoms with van der Waals surface area (Å²) in [7, 11) is 0. The van der Waals surface area contributed by atoms with Crippen molar-refractivity contribution in [1.82, 2.24) is 5.43 Å². The lowest BCUT2D eigenvalue weighted by Gasteiger charge is -2.06. The molecule has 4 nitrogen and oxygen atoms in total. The first kappa shape index (κ1) is 14.7. The van der Waals surface area contributed by atoms with Crippen LogP contribution in [0.1, 0.15) is 48.5 Å². The fourth-order valence-electron chi connectivity index (χ4n) is 1.71. The van der Waals surface area contributed by atoms with Crippen LogP contribution in [0.4, 0.5) is 0 Å². The zero-order valence-electron chi connectivity index (χ0n) is 10.9. The molecule has 18 heavy (non-hydrogen) atoms. The quantitative estimate of drug-likeness (QED) is 0.322. The highest BCUT2D eigenvalue weighted by Gasteiger charge is 2.03. The zero-order valence-corrected chi connectivity index (χ0v) is 10.9. The van der Waals surface area contributed by atoms with Gasteiger partial charge in [-0.2, -0.15) is 0 Å². The monoisotopic (exact) mass is 250 g/mol. The maximum atomic E-state index is 11.3. The summed E-state index contributed by atoms with van der Waals surface area (Å²) in [5.74, 6) is 4.81. The topological polar surface area (TPSA) is 64.3 Å². The van der Waals surface area contributed by atoms with Crippen molar-refractivity contribution in [1.29, 1.82) is 0 Å². The molecule has 0 saturated carbocycles. The highest BCUT2D eigenvalue weighted by molar-refractivity contribution is 5.93. The molecule has 0 spiro atoms. The number of hydrogen-bond acceptors (Lipinski definition) is 3. The first-order valence-electron chi connectivity index (χ1n) is 6.45. The number of nitrogens with two attached hydrogens (primary N) is 1. The Labute approximate surface area is 108 Å². The summed E-state index contributed by atoms with van der Waals surface area (Å²) >= 11 is 0. The number of rotatable bonds is 8. The second-order valence-corrected chi connectivity index (χ2v) is 4.29. The summed E-state index contributed by atoms with van der Waals surface area (Å²) in [6.45, 7) is 3.50. The summed E-state index contributed by atoms with van der Waals surface area (Å²) < 4.78 is 5.57. The number of carbonyl (C=O) groups is 1. The normalized spacial score (nSPS) is 10.3. The minimum atomic E-state index is -0.278. The number of benzene rings is 1. The molecule has 1 amide bonds. The Kier molecular flexibility index (Phi) is 7.06. The number of hydrazine groups is 1. The molecule has 0 bridgehead atoms. The molecule has 1 aromatic rings. The van der Waals surface area contributed by atoms with Crippen molar-refractivity contribution in [3.8, 4) is 0 Å². The SMILES string of the molecule is CCCCCCOCc1cccc(C(=O)NN)c1. The van der Waals surface area contributed by atoms with Gasteiger partial charge in [0.25, 0.3) is 5.91 Å². The van der Waals surface area contributed by atoms with Crippen molar-refractivity contribution in [3.05, 3.63) is 35.4 Å². The van der Waals surface area contributed by atoms with Gasteiger partial charge in [0, 0.05) is 12.2 Å². The van der Waals surface area contributed by atoms with Crippen molar-refractivity contribution >= 4 is 5.91 Å². The molecule has 0 aliphatic heterocycles. The van der Waals surface area contributed by atoms with E-state index in [1.165, 1.54) is 19.3 Å². The lowest BCUT2D eigenvalue weighted by molar-refractivity contribution is 0.0952. The van der Waals surface area contributed by atoms with Crippen molar-refractivity contribution in [2.45, 2.75) is 39.2 Å². The zero-order chi connectivity index (χ0) is 13.2. The third-order valence-electron chi connectivity index (χ3n) is 2.73. The summed E-state index contributed by atoms with van der Waals surface area (Å²) in [6.07, 6.45) is 4.80. The Morgan fingerprint density at radius 1 is 1.33 bits per heavy atom. The van der Waals surface area contributed by atoms with Crippen LogP contribution in [-0.4, -0.2) is 12.5 Å². The van der Waals surface area contributed by atoms with Crippen molar-refractivity contribution in [3.63, 3.8) is 0 Å². The van der Waals surface area contributed by atoms with Crippen LogP contribution in [-0.2, 0) is 11.3 Å². The number of unbranched alkanes of at least 4 members (excludes halogenated alkanes) is 3. The number of hydrogen-bond donors (Lipinski definition) is 2. The fraction of sp³-hybridized carbons (Fsp3) is 0.500. The van der Waals surface area contributed by atoms with Crippen LogP contribution in [0, 0.1) is 0 Å². The number of carbonyl (C=O) groups excluding carboxylic acids is 1. The lowest BCUT2D eigenvalue weighted by Crippen LogP contribution is -2.29. The largest absolute Gasteiger partial charge is 0.377 e. The molecule has 0 atom stereocenters. The van der Waals surface area contributed by atoms with Crippen LogP contribution in [0.5, 0.6) is 0 Å². The highest BCUT2D eigenvalue weighted by Crippen LogP contribution is 2.07. The molecule has 100 valence electrons. The summed E-state index contributed by atoms with van der Waals surface area (Å²) in [5.41, 5.74) is 3.67. The molecule has 0 fully saturated rings. The third kappa shape index (κ3) is 5.29. The van der Waals surface area contributed by atoms with E-state index >= 15 is 0 Å². The average molecular weight is 250 g/mol. The van der Waals surface area contributed by atoms with E-state index in [1.807, 2.05) is 12.1 Å².